The summed E-state index contributed by atoms with van der Waals surface area (Å²) in [5.74, 6) is 0.391. The van der Waals surface area contributed by atoms with E-state index in [1.807, 2.05) is 4.90 Å². The number of urea groups is 1. The zero-order valence-electron chi connectivity index (χ0n) is 18.0. The standard InChI is InChI=1S/C22H19F3N6O3S/c23-22(24,25)35(33,34)18-6-4-17(5-7-18)31-12-11-30(15-31)14-16-8-10-26-13-19(16)28-21(32)29-20-3-1-2-9-27-20/h1-13H,14-15H2,(H2,27,28,29,32). The molecule has 2 amide bonds. The van der Waals surface area contributed by atoms with E-state index in [2.05, 4.69) is 20.6 Å². The van der Waals surface area contributed by atoms with Crippen LogP contribution in [0.5, 0.6) is 0 Å². The highest BCUT2D eigenvalue weighted by Crippen LogP contribution is 2.31. The van der Waals surface area contributed by atoms with Crippen LogP contribution in [0.4, 0.5) is 35.2 Å². The molecule has 4 rings (SSSR count). The van der Waals surface area contributed by atoms with Gasteiger partial charge < -0.3 is 15.1 Å². The van der Waals surface area contributed by atoms with Gasteiger partial charge in [0.25, 0.3) is 9.84 Å². The monoisotopic (exact) mass is 504 g/mol. The van der Waals surface area contributed by atoms with Gasteiger partial charge in [-0.25, -0.2) is 18.2 Å². The van der Waals surface area contributed by atoms with Crippen LogP contribution < -0.4 is 15.5 Å². The summed E-state index contributed by atoms with van der Waals surface area (Å²) in [5.41, 5.74) is -3.57. The Hall–Kier alpha value is -4.13. The van der Waals surface area contributed by atoms with Crippen molar-refractivity contribution in [2.75, 3.05) is 22.2 Å². The Morgan fingerprint density at radius 1 is 1.00 bits per heavy atom. The zero-order chi connectivity index (χ0) is 25.1. The van der Waals surface area contributed by atoms with Crippen molar-refractivity contribution in [3.63, 3.8) is 0 Å². The van der Waals surface area contributed by atoms with Gasteiger partial charge in [0.2, 0.25) is 0 Å². The summed E-state index contributed by atoms with van der Waals surface area (Å²) in [6, 6.07) is 10.9. The lowest BCUT2D eigenvalue weighted by molar-refractivity contribution is -0.0436. The highest BCUT2D eigenvalue weighted by molar-refractivity contribution is 7.92. The van der Waals surface area contributed by atoms with Crippen molar-refractivity contribution in [3.05, 3.63) is 85.1 Å². The van der Waals surface area contributed by atoms with Gasteiger partial charge in [-0.05, 0) is 48.0 Å². The maximum absolute atomic E-state index is 12.7. The van der Waals surface area contributed by atoms with E-state index >= 15 is 0 Å². The van der Waals surface area contributed by atoms with E-state index < -0.39 is 26.3 Å². The van der Waals surface area contributed by atoms with E-state index in [1.54, 1.807) is 54.0 Å². The minimum absolute atomic E-state index is 0.354. The number of carbonyl (C=O) groups is 1. The number of alkyl halides is 3. The van der Waals surface area contributed by atoms with Gasteiger partial charge in [0, 0.05) is 37.0 Å². The summed E-state index contributed by atoms with van der Waals surface area (Å²) in [5, 5.41) is 5.37. The van der Waals surface area contributed by atoms with E-state index in [9.17, 15) is 26.4 Å². The van der Waals surface area contributed by atoms with Crippen LogP contribution in [0, 0.1) is 0 Å². The van der Waals surface area contributed by atoms with Crippen LogP contribution in [0.3, 0.4) is 0 Å². The number of pyridine rings is 2. The van der Waals surface area contributed by atoms with Crippen molar-refractivity contribution in [1.82, 2.24) is 14.9 Å². The van der Waals surface area contributed by atoms with E-state index in [1.165, 1.54) is 18.3 Å². The number of aromatic nitrogens is 2. The molecule has 3 heterocycles. The first-order chi connectivity index (χ1) is 16.6. The third-order valence-corrected chi connectivity index (χ3v) is 6.52. The number of nitrogens with one attached hydrogen (secondary N) is 2. The van der Waals surface area contributed by atoms with Crippen LogP contribution in [0.2, 0.25) is 0 Å². The lowest BCUT2D eigenvalue weighted by Gasteiger charge is -2.22. The first kappa shape index (κ1) is 24.0. The van der Waals surface area contributed by atoms with E-state index in [4.69, 9.17) is 0 Å². The number of sulfone groups is 1. The molecule has 0 bridgehead atoms. The van der Waals surface area contributed by atoms with Gasteiger partial charge in [0.15, 0.2) is 0 Å². The number of hydrogen-bond donors (Lipinski definition) is 2. The zero-order valence-corrected chi connectivity index (χ0v) is 18.8. The van der Waals surface area contributed by atoms with Gasteiger partial charge in [-0.2, -0.15) is 13.2 Å². The molecule has 2 N–H and O–H groups in total. The molecule has 0 saturated carbocycles. The number of hydrogen-bond acceptors (Lipinski definition) is 7. The quantitative estimate of drug-likeness (QED) is 0.519. The number of amides is 2. The number of anilines is 3. The second-order valence-electron chi connectivity index (χ2n) is 7.43. The van der Waals surface area contributed by atoms with Gasteiger partial charge in [-0.15, -0.1) is 0 Å². The Balaban J connectivity index is 1.39. The predicted molar refractivity (Wildman–Crippen MR) is 123 cm³/mol. The Bertz CT molecular complexity index is 1330. The largest absolute Gasteiger partial charge is 0.501 e. The van der Waals surface area contributed by atoms with Crippen molar-refractivity contribution < 1.29 is 26.4 Å². The fourth-order valence-corrected chi connectivity index (χ4v) is 4.05. The summed E-state index contributed by atoms with van der Waals surface area (Å²) in [4.78, 5) is 23.2. The Morgan fingerprint density at radius 2 is 1.77 bits per heavy atom. The smallest absolute Gasteiger partial charge is 0.354 e. The second kappa shape index (κ2) is 9.62. The van der Waals surface area contributed by atoms with Crippen molar-refractivity contribution in [3.8, 4) is 0 Å². The summed E-state index contributed by atoms with van der Waals surface area (Å²) in [6.45, 7) is 0.752. The highest BCUT2D eigenvalue weighted by Gasteiger charge is 2.46. The molecule has 1 aliphatic heterocycles. The van der Waals surface area contributed by atoms with E-state index in [0.29, 0.717) is 30.4 Å². The molecular weight excluding hydrogens is 485 g/mol. The molecule has 0 fully saturated rings. The molecule has 3 aromatic rings. The van der Waals surface area contributed by atoms with Crippen molar-refractivity contribution in [2.24, 2.45) is 0 Å². The molecule has 2 aromatic heterocycles. The molecule has 0 saturated heterocycles. The van der Waals surface area contributed by atoms with Gasteiger partial charge in [0.05, 0.1) is 23.4 Å². The fraction of sp³-hybridized carbons (Fsp3) is 0.136. The first-order valence-electron chi connectivity index (χ1n) is 10.2. The maximum atomic E-state index is 12.7. The van der Waals surface area contributed by atoms with Gasteiger partial charge in [-0.3, -0.25) is 10.3 Å². The Labute approximate surface area is 198 Å². The summed E-state index contributed by atoms with van der Waals surface area (Å²) in [6.07, 6.45) is 8.16. The van der Waals surface area contributed by atoms with Crippen LogP contribution in [0.25, 0.3) is 0 Å². The van der Waals surface area contributed by atoms with Crippen LogP contribution >= 0.6 is 0 Å². The molecular formula is C22H19F3N6O3S. The molecule has 0 atom stereocenters. The molecule has 0 aliphatic carbocycles. The maximum Gasteiger partial charge on any atom is 0.501 e. The molecule has 35 heavy (non-hydrogen) atoms. The van der Waals surface area contributed by atoms with Crippen LogP contribution in [0.1, 0.15) is 5.56 Å². The number of rotatable bonds is 6. The first-order valence-corrected chi connectivity index (χ1v) is 11.6. The molecule has 182 valence electrons. The van der Waals surface area contributed by atoms with E-state index in [-0.39, 0.29) is 0 Å². The van der Waals surface area contributed by atoms with Crippen LogP contribution in [-0.4, -0.2) is 41.5 Å². The molecule has 0 spiro atoms. The lowest BCUT2D eigenvalue weighted by atomic mass is 10.2. The van der Waals surface area contributed by atoms with Crippen LogP contribution in [0.15, 0.2) is 84.4 Å². The molecule has 1 aliphatic rings. The average Bonchev–Trinajstić information content (AvgIpc) is 3.29. The fourth-order valence-electron chi connectivity index (χ4n) is 3.28. The molecule has 1 aromatic carbocycles. The Morgan fingerprint density at radius 3 is 2.46 bits per heavy atom. The normalized spacial score (nSPS) is 13.7. The lowest BCUT2D eigenvalue weighted by Crippen LogP contribution is -2.26. The molecule has 0 unspecified atom stereocenters. The highest BCUT2D eigenvalue weighted by atomic mass is 32.2. The van der Waals surface area contributed by atoms with Gasteiger partial charge in [-0.1, -0.05) is 6.07 Å². The molecule has 9 nitrogen and oxygen atoms in total. The minimum atomic E-state index is -5.40. The summed E-state index contributed by atoms with van der Waals surface area (Å²) < 4.78 is 61.3. The van der Waals surface area contributed by atoms with Crippen molar-refractivity contribution >= 4 is 33.1 Å². The SMILES string of the molecule is O=C(Nc1ccccn1)Nc1cnccc1CN1C=CN(c2ccc(S(=O)(=O)C(F)(F)F)cc2)C1. The molecule has 0 radical (unpaired) electrons. The number of benzene rings is 1. The number of nitrogens with zero attached hydrogens (tertiary/aromatic N) is 4. The summed E-state index contributed by atoms with van der Waals surface area (Å²) >= 11 is 0. The second-order valence-corrected chi connectivity index (χ2v) is 9.37. The Kier molecular flexibility index (Phi) is 6.60. The predicted octanol–water partition coefficient (Wildman–Crippen LogP) is 4.17. The number of halogens is 3. The van der Waals surface area contributed by atoms with E-state index in [0.717, 1.165) is 17.7 Å². The third kappa shape index (κ3) is 5.51. The third-order valence-electron chi connectivity index (χ3n) is 5.01. The average molecular weight is 504 g/mol. The summed E-state index contributed by atoms with van der Waals surface area (Å²) in [7, 11) is -5.40. The van der Waals surface area contributed by atoms with Gasteiger partial charge >= 0.3 is 11.5 Å². The topological polar surface area (TPSA) is 108 Å². The van der Waals surface area contributed by atoms with Crippen molar-refractivity contribution in [1.29, 1.82) is 0 Å². The minimum Gasteiger partial charge on any atom is -0.354 e. The van der Waals surface area contributed by atoms with Crippen LogP contribution in [-0.2, 0) is 16.4 Å². The molecule has 13 heteroatoms. The van der Waals surface area contributed by atoms with Gasteiger partial charge in [0.1, 0.15) is 5.82 Å². The van der Waals surface area contributed by atoms with Crippen molar-refractivity contribution in [2.45, 2.75) is 16.9 Å². The number of carbonyl (C=O) groups excluding carboxylic acids is 1.